The number of nitrogens with one attached hydrogen (secondary N) is 1. The number of rotatable bonds is 6. The minimum atomic E-state index is 0.612. The third-order valence-electron chi connectivity index (χ3n) is 3.97. The van der Waals surface area contributed by atoms with Crippen LogP contribution in [0, 0.1) is 6.92 Å². The molecule has 1 aromatic carbocycles. The number of nitrogens with zero attached hydrogens (tertiary/aromatic N) is 4. The normalized spacial score (nSPS) is 11.0. The first kappa shape index (κ1) is 16.5. The summed E-state index contributed by atoms with van der Waals surface area (Å²) in [6, 6.07) is 7.98. The molecule has 0 aliphatic rings. The van der Waals surface area contributed by atoms with Gasteiger partial charge in [0.25, 0.3) is 0 Å². The molecular weight excluding hydrogens is 350 g/mol. The predicted octanol–water partition coefficient (Wildman–Crippen LogP) is 3.71. The molecule has 4 aromatic rings. The molecule has 0 amide bonds. The number of aryl methyl sites for hydroxylation is 1. The van der Waals surface area contributed by atoms with E-state index in [0.717, 1.165) is 32.9 Å². The number of aromatic nitrogens is 4. The summed E-state index contributed by atoms with van der Waals surface area (Å²) in [4.78, 5) is 14.0. The Morgan fingerprint density at radius 2 is 2.04 bits per heavy atom. The maximum absolute atomic E-state index is 5.24. The van der Waals surface area contributed by atoms with Crippen LogP contribution >= 0.6 is 11.3 Å². The average molecular weight is 367 g/mol. The molecule has 0 fully saturated rings. The molecular formula is C18H17N5O2S. The largest absolute Gasteiger partial charge is 0.497 e. The first-order valence-corrected chi connectivity index (χ1v) is 9.02. The van der Waals surface area contributed by atoms with Gasteiger partial charge in [-0.15, -0.1) is 11.3 Å². The van der Waals surface area contributed by atoms with Gasteiger partial charge in [0, 0.05) is 23.9 Å². The molecule has 3 heterocycles. The van der Waals surface area contributed by atoms with Gasteiger partial charge in [-0.05, 0) is 24.6 Å². The van der Waals surface area contributed by atoms with E-state index in [0.29, 0.717) is 24.7 Å². The van der Waals surface area contributed by atoms with Crippen LogP contribution in [-0.4, -0.2) is 33.8 Å². The Morgan fingerprint density at radius 3 is 2.77 bits per heavy atom. The maximum Gasteiger partial charge on any atom is 0.228 e. The number of hydrogen-bond donors (Lipinski definition) is 1. The Hall–Kier alpha value is -3.00. The van der Waals surface area contributed by atoms with E-state index in [1.807, 2.05) is 24.3 Å². The molecule has 0 saturated carbocycles. The van der Waals surface area contributed by atoms with Crippen LogP contribution in [0.4, 0.5) is 5.82 Å². The molecule has 7 nitrogen and oxygen atoms in total. The molecule has 0 spiro atoms. The van der Waals surface area contributed by atoms with Crippen LogP contribution in [0.1, 0.15) is 11.7 Å². The van der Waals surface area contributed by atoms with Crippen molar-refractivity contribution in [1.82, 2.24) is 20.1 Å². The van der Waals surface area contributed by atoms with Crippen molar-refractivity contribution in [2.45, 2.75) is 13.3 Å². The Kier molecular flexibility index (Phi) is 4.49. The number of benzene rings is 1. The number of hydrogen-bond acceptors (Lipinski definition) is 8. The van der Waals surface area contributed by atoms with Crippen LogP contribution in [0.3, 0.4) is 0 Å². The van der Waals surface area contributed by atoms with E-state index in [9.17, 15) is 0 Å². The van der Waals surface area contributed by atoms with E-state index in [2.05, 4.69) is 30.8 Å². The van der Waals surface area contributed by atoms with Crippen LogP contribution in [0.2, 0.25) is 0 Å². The Bertz CT molecular complexity index is 1030. The summed E-state index contributed by atoms with van der Waals surface area (Å²) in [5, 5.41) is 10.3. The highest BCUT2D eigenvalue weighted by Gasteiger charge is 2.13. The van der Waals surface area contributed by atoms with Gasteiger partial charge in [0.15, 0.2) is 5.82 Å². The highest BCUT2D eigenvalue weighted by Crippen LogP contribution is 2.36. The van der Waals surface area contributed by atoms with Crippen molar-refractivity contribution in [1.29, 1.82) is 0 Å². The number of ether oxygens (including phenoxy) is 1. The molecule has 0 aliphatic carbocycles. The quantitative estimate of drug-likeness (QED) is 0.556. The summed E-state index contributed by atoms with van der Waals surface area (Å²) >= 11 is 1.60. The number of fused-ring (bicyclic) bond motifs is 1. The standard InChI is InChI=1S/C18H17N5O2S/c1-11-22-15(25-23-11)7-8-19-17-16-14(9-26-18(16)21-10-20-17)12-3-5-13(24-2)6-4-12/h3-6,9-10H,7-8H2,1-2H3,(H,19,20,21). The molecule has 132 valence electrons. The predicted molar refractivity (Wildman–Crippen MR) is 101 cm³/mol. The molecule has 3 aromatic heterocycles. The summed E-state index contributed by atoms with van der Waals surface area (Å²) < 4.78 is 10.4. The highest BCUT2D eigenvalue weighted by molar-refractivity contribution is 7.17. The molecule has 0 unspecified atom stereocenters. The second-order valence-electron chi connectivity index (χ2n) is 5.69. The molecule has 0 bridgehead atoms. The summed E-state index contributed by atoms with van der Waals surface area (Å²) in [5.41, 5.74) is 2.20. The van der Waals surface area contributed by atoms with E-state index >= 15 is 0 Å². The molecule has 8 heteroatoms. The van der Waals surface area contributed by atoms with Crippen LogP contribution < -0.4 is 10.1 Å². The fourth-order valence-corrected chi connectivity index (χ4v) is 3.64. The van der Waals surface area contributed by atoms with Crippen LogP contribution in [0.25, 0.3) is 21.3 Å². The minimum absolute atomic E-state index is 0.612. The third kappa shape index (κ3) is 3.23. The van der Waals surface area contributed by atoms with Crippen molar-refractivity contribution in [3.05, 3.63) is 47.7 Å². The maximum atomic E-state index is 5.24. The first-order valence-electron chi connectivity index (χ1n) is 8.14. The molecule has 4 rings (SSSR count). The van der Waals surface area contributed by atoms with Crippen LogP contribution in [0.15, 0.2) is 40.5 Å². The zero-order chi connectivity index (χ0) is 17.9. The van der Waals surface area contributed by atoms with E-state index in [1.165, 1.54) is 0 Å². The first-order chi connectivity index (χ1) is 12.7. The number of methoxy groups -OCH3 is 1. The molecule has 1 N–H and O–H groups in total. The second-order valence-corrected chi connectivity index (χ2v) is 6.55. The van der Waals surface area contributed by atoms with Gasteiger partial charge >= 0.3 is 0 Å². The van der Waals surface area contributed by atoms with Crippen molar-refractivity contribution < 1.29 is 9.26 Å². The van der Waals surface area contributed by atoms with Gasteiger partial charge in [-0.1, -0.05) is 17.3 Å². The van der Waals surface area contributed by atoms with Gasteiger partial charge in [0.2, 0.25) is 5.89 Å². The zero-order valence-corrected chi connectivity index (χ0v) is 15.2. The lowest BCUT2D eigenvalue weighted by atomic mass is 10.1. The average Bonchev–Trinajstić information content (AvgIpc) is 3.28. The van der Waals surface area contributed by atoms with Gasteiger partial charge in [-0.3, -0.25) is 0 Å². The van der Waals surface area contributed by atoms with Crippen molar-refractivity contribution >= 4 is 27.4 Å². The van der Waals surface area contributed by atoms with Gasteiger partial charge in [0.1, 0.15) is 22.7 Å². The fourth-order valence-electron chi connectivity index (χ4n) is 2.72. The Balaban J connectivity index is 1.61. The molecule has 0 saturated heterocycles. The van der Waals surface area contributed by atoms with Crippen molar-refractivity contribution in [3.8, 4) is 16.9 Å². The third-order valence-corrected chi connectivity index (χ3v) is 4.86. The van der Waals surface area contributed by atoms with Crippen molar-refractivity contribution in [2.24, 2.45) is 0 Å². The van der Waals surface area contributed by atoms with Gasteiger partial charge in [-0.2, -0.15) is 4.98 Å². The monoisotopic (exact) mass is 367 g/mol. The zero-order valence-electron chi connectivity index (χ0n) is 14.4. The van der Waals surface area contributed by atoms with Crippen molar-refractivity contribution in [2.75, 3.05) is 19.0 Å². The summed E-state index contributed by atoms with van der Waals surface area (Å²) in [5.74, 6) is 2.89. The summed E-state index contributed by atoms with van der Waals surface area (Å²) in [6.45, 7) is 2.45. The number of thiophene rings is 1. The van der Waals surface area contributed by atoms with Gasteiger partial charge < -0.3 is 14.6 Å². The summed E-state index contributed by atoms with van der Waals surface area (Å²) in [7, 11) is 1.66. The van der Waals surface area contributed by atoms with Gasteiger partial charge in [-0.25, -0.2) is 9.97 Å². The van der Waals surface area contributed by atoms with E-state index < -0.39 is 0 Å². The SMILES string of the molecule is COc1ccc(-c2csc3ncnc(NCCc4nc(C)no4)c23)cc1. The van der Waals surface area contributed by atoms with E-state index in [-0.39, 0.29) is 0 Å². The topological polar surface area (TPSA) is 86.0 Å². The van der Waals surface area contributed by atoms with E-state index in [4.69, 9.17) is 9.26 Å². The lowest BCUT2D eigenvalue weighted by molar-refractivity contribution is 0.377. The van der Waals surface area contributed by atoms with Crippen molar-refractivity contribution in [3.63, 3.8) is 0 Å². The van der Waals surface area contributed by atoms with Crippen LogP contribution in [0.5, 0.6) is 5.75 Å². The molecule has 0 radical (unpaired) electrons. The summed E-state index contributed by atoms with van der Waals surface area (Å²) in [6.07, 6.45) is 2.21. The Morgan fingerprint density at radius 1 is 1.19 bits per heavy atom. The highest BCUT2D eigenvalue weighted by atomic mass is 32.1. The van der Waals surface area contributed by atoms with Crippen LogP contribution in [-0.2, 0) is 6.42 Å². The molecule has 26 heavy (non-hydrogen) atoms. The molecule has 0 atom stereocenters. The van der Waals surface area contributed by atoms with E-state index in [1.54, 1.807) is 31.7 Å². The second kappa shape index (κ2) is 7.09. The van der Waals surface area contributed by atoms with Gasteiger partial charge in [0.05, 0.1) is 12.5 Å². The lowest BCUT2D eigenvalue weighted by Crippen LogP contribution is -2.07. The lowest BCUT2D eigenvalue weighted by Gasteiger charge is -2.08. The minimum Gasteiger partial charge on any atom is -0.497 e. The number of anilines is 1. The smallest absolute Gasteiger partial charge is 0.228 e. The molecule has 0 aliphatic heterocycles. The fraction of sp³-hybridized carbons (Fsp3) is 0.222. The Labute approximate surface area is 154 Å².